The molecule has 0 fully saturated rings. The fourth-order valence-corrected chi connectivity index (χ4v) is 2.18. The van der Waals surface area contributed by atoms with Crippen LogP contribution in [0.4, 0.5) is 11.4 Å². The Morgan fingerprint density at radius 2 is 1.81 bits per heavy atom. The number of hydrogen-bond acceptors (Lipinski definition) is 4. The molecule has 0 saturated heterocycles. The summed E-state index contributed by atoms with van der Waals surface area (Å²) in [6.45, 7) is 5.40. The number of rotatable bonds is 11. The molecule has 0 aromatic heterocycles. The fourth-order valence-electron chi connectivity index (χ4n) is 2.18. The van der Waals surface area contributed by atoms with E-state index in [2.05, 4.69) is 12.2 Å². The fraction of sp³-hybridized carbons (Fsp3) is 0.625. The number of nitrogens with zero attached hydrogens (tertiary/aromatic N) is 1. The lowest BCUT2D eigenvalue weighted by Crippen LogP contribution is -2.03. The second-order valence-electron chi connectivity index (χ2n) is 5.10. The molecular weight excluding hydrogens is 268 g/mol. The van der Waals surface area contributed by atoms with Gasteiger partial charge in [-0.25, -0.2) is 0 Å². The zero-order valence-electron chi connectivity index (χ0n) is 13.1. The zero-order chi connectivity index (χ0) is 15.5. The van der Waals surface area contributed by atoms with Crippen LogP contribution in [0.5, 0.6) is 5.75 Å². The highest BCUT2D eigenvalue weighted by molar-refractivity contribution is 5.56. The lowest BCUT2D eigenvalue weighted by atomic mass is 10.1. The molecule has 5 heteroatoms. The van der Waals surface area contributed by atoms with E-state index in [-0.39, 0.29) is 5.69 Å². The van der Waals surface area contributed by atoms with Gasteiger partial charge in [0, 0.05) is 24.4 Å². The molecule has 0 bridgehead atoms. The van der Waals surface area contributed by atoms with Gasteiger partial charge in [0.1, 0.15) is 5.75 Å². The van der Waals surface area contributed by atoms with Gasteiger partial charge in [0.05, 0.1) is 17.6 Å². The third-order valence-electron chi connectivity index (χ3n) is 3.27. The van der Waals surface area contributed by atoms with Crippen molar-refractivity contribution in [1.82, 2.24) is 0 Å². The minimum absolute atomic E-state index is 0.0615. The standard InChI is InChI=1S/C16H26N2O3/c1-3-5-6-7-8-9-10-17-14-11-15(18(19)20)13-16(12-14)21-4-2/h11-13,17H,3-10H2,1-2H3. The van der Waals surface area contributed by atoms with Crippen molar-refractivity contribution in [2.24, 2.45) is 0 Å². The van der Waals surface area contributed by atoms with Gasteiger partial charge in [-0.3, -0.25) is 10.1 Å². The van der Waals surface area contributed by atoms with Crippen LogP contribution in [0.15, 0.2) is 18.2 Å². The van der Waals surface area contributed by atoms with Gasteiger partial charge >= 0.3 is 0 Å². The first kappa shape index (κ1) is 17.3. The molecule has 1 N–H and O–H groups in total. The normalized spacial score (nSPS) is 10.4. The van der Waals surface area contributed by atoms with Crippen molar-refractivity contribution in [2.45, 2.75) is 52.4 Å². The van der Waals surface area contributed by atoms with Crippen molar-refractivity contribution in [1.29, 1.82) is 0 Å². The Labute approximate surface area is 126 Å². The minimum atomic E-state index is -0.390. The van der Waals surface area contributed by atoms with Gasteiger partial charge in [0.15, 0.2) is 0 Å². The maximum atomic E-state index is 10.9. The van der Waals surface area contributed by atoms with E-state index in [1.165, 1.54) is 38.2 Å². The van der Waals surface area contributed by atoms with Gasteiger partial charge in [-0.1, -0.05) is 39.0 Å². The molecule has 0 heterocycles. The predicted octanol–water partition coefficient (Wildman–Crippen LogP) is 4.77. The number of non-ortho nitro benzene ring substituents is 1. The van der Waals surface area contributed by atoms with Gasteiger partial charge in [-0.2, -0.15) is 0 Å². The van der Waals surface area contributed by atoms with Crippen LogP contribution in [0, 0.1) is 10.1 Å². The Balaban J connectivity index is 2.44. The van der Waals surface area contributed by atoms with Crippen LogP contribution in [-0.2, 0) is 0 Å². The van der Waals surface area contributed by atoms with Gasteiger partial charge in [0.25, 0.3) is 5.69 Å². The number of benzene rings is 1. The smallest absolute Gasteiger partial charge is 0.275 e. The largest absolute Gasteiger partial charge is 0.494 e. The predicted molar refractivity (Wildman–Crippen MR) is 86.1 cm³/mol. The second-order valence-corrected chi connectivity index (χ2v) is 5.10. The van der Waals surface area contributed by atoms with E-state index in [9.17, 15) is 10.1 Å². The Morgan fingerprint density at radius 1 is 1.10 bits per heavy atom. The molecule has 0 spiro atoms. The molecule has 0 amide bonds. The Morgan fingerprint density at radius 3 is 2.48 bits per heavy atom. The summed E-state index contributed by atoms with van der Waals surface area (Å²) < 4.78 is 5.36. The molecule has 0 radical (unpaired) electrons. The first-order valence-electron chi connectivity index (χ1n) is 7.83. The molecule has 0 atom stereocenters. The van der Waals surface area contributed by atoms with Crippen LogP contribution in [0.1, 0.15) is 52.4 Å². The number of nitrogens with one attached hydrogen (secondary N) is 1. The first-order valence-corrected chi connectivity index (χ1v) is 7.83. The Hall–Kier alpha value is -1.78. The van der Waals surface area contributed by atoms with Crippen LogP contribution in [0.2, 0.25) is 0 Å². The average Bonchev–Trinajstić information content (AvgIpc) is 2.46. The summed E-state index contributed by atoms with van der Waals surface area (Å²) in [5.74, 6) is 0.539. The van der Waals surface area contributed by atoms with Gasteiger partial charge < -0.3 is 10.1 Å². The van der Waals surface area contributed by atoms with E-state index >= 15 is 0 Å². The van der Waals surface area contributed by atoms with Gasteiger partial charge in [0.2, 0.25) is 0 Å². The summed E-state index contributed by atoms with van der Waals surface area (Å²) in [6.07, 6.45) is 7.38. The minimum Gasteiger partial charge on any atom is -0.494 e. The number of nitro groups is 1. The van der Waals surface area contributed by atoms with Crippen LogP contribution < -0.4 is 10.1 Å². The molecule has 118 valence electrons. The summed E-state index contributed by atoms with van der Waals surface area (Å²) in [5, 5.41) is 14.2. The Kier molecular flexibility index (Phi) is 8.24. The van der Waals surface area contributed by atoms with E-state index in [1.54, 1.807) is 6.07 Å². The van der Waals surface area contributed by atoms with E-state index < -0.39 is 4.92 Å². The highest BCUT2D eigenvalue weighted by Crippen LogP contribution is 2.26. The summed E-state index contributed by atoms with van der Waals surface area (Å²) in [4.78, 5) is 10.5. The highest BCUT2D eigenvalue weighted by atomic mass is 16.6. The van der Waals surface area contributed by atoms with Crippen molar-refractivity contribution >= 4 is 11.4 Å². The SMILES string of the molecule is CCCCCCCCNc1cc(OCC)cc([N+](=O)[O-])c1. The molecule has 1 aromatic carbocycles. The van der Waals surface area contributed by atoms with E-state index in [1.807, 2.05) is 13.0 Å². The monoisotopic (exact) mass is 294 g/mol. The maximum Gasteiger partial charge on any atom is 0.275 e. The highest BCUT2D eigenvalue weighted by Gasteiger charge is 2.10. The number of unbranched alkanes of at least 4 members (excludes halogenated alkanes) is 5. The molecular formula is C16H26N2O3. The quantitative estimate of drug-likeness (QED) is 0.363. The summed E-state index contributed by atoms with van der Waals surface area (Å²) in [7, 11) is 0. The van der Waals surface area contributed by atoms with Crippen LogP contribution >= 0.6 is 0 Å². The van der Waals surface area contributed by atoms with Crippen LogP contribution in [0.3, 0.4) is 0 Å². The second kappa shape index (κ2) is 10.0. The summed E-state index contributed by atoms with van der Waals surface area (Å²) in [6, 6.07) is 4.83. The van der Waals surface area contributed by atoms with Crippen LogP contribution in [0.25, 0.3) is 0 Å². The molecule has 0 unspecified atom stereocenters. The number of anilines is 1. The lowest BCUT2D eigenvalue weighted by molar-refractivity contribution is -0.384. The molecule has 5 nitrogen and oxygen atoms in total. The van der Waals surface area contributed by atoms with Crippen molar-refractivity contribution in [3.8, 4) is 5.75 Å². The van der Waals surface area contributed by atoms with E-state index in [4.69, 9.17) is 4.74 Å². The molecule has 1 aromatic rings. The molecule has 1 rings (SSSR count). The number of ether oxygens (including phenoxy) is 1. The van der Waals surface area contributed by atoms with Gasteiger partial charge in [-0.15, -0.1) is 0 Å². The van der Waals surface area contributed by atoms with Crippen molar-refractivity contribution in [2.75, 3.05) is 18.5 Å². The zero-order valence-corrected chi connectivity index (χ0v) is 13.1. The molecule has 0 saturated carbocycles. The Bertz CT molecular complexity index is 436. The van der Waals surface area contributed by atoms with Crippen LogP contribution in [-0.4, -0.2) is 18.1 Å². The topological polar surface area (TPSA) is 64.4 Å². The van der Waals surface area contributed by atoms with E-state index in [0.29, 0.717) is 12.4 Å². The third-order valence-corrected chi connectivity index (χ3v) is 3.27. The molecule has 0 aliphatic carbocycles. The van der Waals surface area contributed by atoms with Crippen molar-refractivity contribution in [3.05, 3.63) is 28.3 Å². The van der Waals surface area contributed by atoms with E-state index in [0.717, 1.165) is 18.7 Å². The number of nitro benzene ring substituents is 1. The van der Waals surface area contributed by atoms with Gasteiger partial charge in [-0.05, 0) is 13.3 Å². The first-order chi connectivity index (χ1) is 10.2. The average molecular weight is 294 g/mol. The lowest BCUT2D eigenvalue weighted by Gasteiger charge is -2.09. The molecule has 0 aliphatic rings. The van der Waals surface area contributed by atoms with Crippen molar-refractivity contribution in [3.63, 3.8) is 0 Å². The maximum absolute atomic E-state index is 10.9. The molecule has 0 aliphatic heterocycles. The summed E-state index contributed by atoms with van der Waals surface area (Å²) in [5.41, 5.74) is 0.813. The molecule has 21 heavy (non-hydrogen) atoms. The third kappa shape index (κ3) is 6.97. The number of hydrogen-bond donors (Lipinski definition) is 1. The summed E-state index contributed by atoms with van der Waals surface area (Å²) >= 11 is 0. The van der Waals surface area contributed by atoms with Crippen molar-refractivity contribution < 1.29 is 9.66 Å².